The van der Waals surface area contributed by atoms with E-state index in [1.54, 1.807) is 0 Å². The highest BCUT2D eigenvalue weighted by Crippen LogP contribution is 2.35. The van der Waals surface area contributed by atoms with E-state index in [-0.39, 0.29) is 5.56 Å². The molecule has 5 nitrogen and oxygen atoms in total. The maximum Gasteiger partial charge on any atom is 0.293 e. The number of anilines is 1. The molecule has 3 aliphatic rings. The average Bonchev–Trinajstić information content (AvgIpc) is 3.40. The molecule has 1 aromatic heterocycles. The topological polar surface area (TPSA) is 50.2 Å². The van der Waals surface area contributed by atoms with Crippen LogP contribution in [0.5, 0.6) is 0 Å². The van der Waals surface area contributed by atoms with E-state index < -0.39 is 0 Å². The van der Waals surface area contributed by atoms with Gasteiger partial charge in [0.15, 0.2) is 5.82 Å². The molecule has 1 aliphatic heterocycles. The summed E-state index contributed by atoms with van der Waals surface area (Å²) in [4.78, 5) is 19.5. The lowest BCUT2D eigenvalue weighted by atomic mass is 9.97. The van der Waals surface area contributed by atoms with Crippen LogP contribution in [0, 0.1) is 5.92 Å². The van der Waals surface area contributed by atoms with Gasteiger partial charge < -0.3 is 14.8 Å². The van der Waals surface area contributed by atoms with Gasteiger partial charge in [0.1, 0.15) is 0 Å². The Kier molecular flexibility index (Phi) is 3.45. The zero-order chi connectivity index (χ0) is 14.2. The van der Waals surface area contributed by atoms with Crippen LogP contribution in [-0.4, -0.2) is 35.2 Å². The summed E-state index contributed by atoms with van der Waals surface area (Å²) in [6.45, 7) is 3.22. The molecule has 3 fully saturated rings. The van der Waals surface area contributed by atoms with Crippen molar-refractivity contribution in [3.8, 4) is 0 Å². The highest BCUT2D eigenvalue weighted by molar-refractivity contribution is 5.39. The molecule has 0 atom stereocenters. The van der Waals surface area contributed by atoms with Gasteiger partial charge in [0, 0.05) is 31.0 Å². The number of hydrogen-bond donors (Lipinski definition) is 1. The monoisotopic (exact) mass is 288 g/mol. The zero-order valence-corrected chi connectivity index (χ0v) is 12.5. The van der Waals surface area contributed by atoms with Gasteiger partial charge in [0.25, 0.3) is 5.56 Å². The van der Waals surface area contributed by atoms with Gasteiger partial charge in [-0.25, -0.2) is 4.98 Å². The number of rotatable bonds is 5. The van der Waals surface area contributed by atoms with Gasteiger partial charge in [-0.2, -0.15) is 0 Å². The van der Waals surface area contributed by atoms with Crippen LogP contribution < -0.4 is 15.8 Å². The minimum atomic E-state index is 0.126. The first-order chi connectivity index (χ1) is 10.3. The van der Waals surface area contributed by atoms with E-state index in [4.69, 9.17) is 0 Å². The Morgan fingerprint density at radius 2 is 1.95 bits per heavy atom. The standard InChI is InChI=1S/C16H24N4O/c21-16-15(18-9-10-19(16)13-1-2-13)20(14-3-4-14)11-12-5-7-17-8-6-12/h9-10,12-14,17H,1-8,11H2. The molecular weight excluding hydrogens is 264 g/mol. The smallest absolute Gasteiger partial charge is 0.293 e. The molecule has 2 saturated carbocycles. The van der Waals surface area contributed by atoms with Gasteiger partial charge in [-0.05, 0) is 57.5 Å². The molecule has 2 aliphatic carbocycles. The molecule has 0 unspecified atom stereocenters. The summed E-state index contributed by atoms with van der Waals surface area (Å²) in [5, 5.41) is 3.42. The van der Waals surface area contributed by atoms with Crippen LogP contribution in [0.2, 0.25) is 0 Å². The molecule has 0 radical (unpaired) electrons. The van der Waals surface area contributed by atoms with E-state index in [1.807, 2.05) is 17.0 Å². The second kappa shape index (κ2) is 5.44. The van der Waals surface area contributed by atoms with Crippen molar-refractivity contribution in [2.45, 2.75) is 50.6 Å². The third-order valence-electron chi connectivity index (χ3n) is 4.96. The lowest BCUT2D eigenvalue weighted by Crippen LogP contribution is -2.41. The Labute approximate surface area is 125 Å². The molecule has 0 aromatic carbocycles. The van der Waals surface area contributed by atoms with E-state index in [9.17, 15) is 4.79 Å². The minimum Gasteiger partial charge on any atom is -0.349 e. The Morgan fingerprint density at radius 1 is 1.19 bits per heavy atom. The largest absolute Gasteiger partial charge is 0.349 e. The molecule has 1 N–H and O–H groups in total. The van der Waals surface area contributed by atoms with Crippen molar-refractivity contribution >= 4 is 5.82 Å². The first kappa shape index (κ1) is 13.3. The van der Waals surface area contributed by atoms with Crippen molar-refractivity contribution < 1.29 is 0 Å². The van der Waals surface area contributed by atoms with E-state index >= 15 is 0 Å². The fourth-order valence-corrected chi connectivity index (χ4v) is 3.39. The number of nitrogens with zero attached hydrogens (tertiary/aromatic N) is 3. The Hall–Kier alpha value is -1.36. The summed E-state index contributed by atoms with van der Waals surface area (Å²) in [6, 6.07) is 0.981. The molecule has 5 heteroatoms. The predicted molar refractivity (Wildman–Crippen MR) is 82.7 cm³/mol. The molecule has 1 aromatic rings. The third-order valence-corrected chi connectivity index (χ3v) is 4.96. The van der Waals surface area contributed by atoms with Crippen LogP contribution in [-0.2, 0) is 0 Å². The molecule has 0 amide bonds. The van der Waals surface area contributed by atoms with Crippen molar-refractivity contribution in [1.29, 1.82) is 0 Å². The van der Waals surface area contributed by atoms with Crippen molar-refractivity contribution in [1.82, 2.24) is 14.9 Å². The van der Waals surface area contributed by atoms with E-state index in [1.165, 1.54) is 25.7 Å². The fourth-order valence-electron chi connectivity index (χ4n) is 3.39. The second-order valence-electron chi connectivity index (χ2n) is 6.77. The second-order valence-corrected chi connectivity index (χ2v) is 6.77. The summed E-state index contributed by atoms with van der Waals surface area (Å²) < 4.78 is 1.90. The molecule has 21 heavy (non-hydrogen) atoms. The van der Waals surface area contributed by atoms with Crippen LogP contribution in [0.1, 0.15) is 44.6 Å². The molecule has 114 valence electrons. The minimum absolute atomic E-state index is 0.126. The molecule has 2 heterocycles. The average molecular weight is 288 g/mol. The van der Waals surface area contributed by atoms with Crippen molar-refractivity contribution in [3.63, 3.8) is 0 Å². The normalized spacial score (nSPS) is 23.2. The molecule has 4 rings (SSSR count). The number of nitrogens with one attached hydrogen (secondary N) is 1. The number of aromatic nitrogens is 2. The van der Waals surface area contributed by atoms with Crippen molar-refractivity contribution in [3.05, 3.63) is 22.7 Å². The van der Waals surface area contributed by atoms with Gasteiger partial charge in [-0.3, -0.25) is 4.79 Å². The highest BCUT2D eigenvalue weighted by Gasteiger charge is 2.34. The molecule has 1 saturated heterocycles. The van der Waals surface area contributed by atoms with Crippen LogP contribution in [0.3, 0.4) is 0 Å². The summed E-state index contributed by atoms with van der Waals surface area (Å²) in [5.41, 5.74) is 0.126. The molecule has 0 spiro atoms. The van der Waals surface area contributed by atoms with Gasteiger partial charge in [0.05, 0.1) is 0 Å². The zero-order valence-electron chi connectivity index (χ0n) is 12.5. The number of hydrogen-bond acceptors (Lipinski definition) is 4. The van der Waals surface area contributed by atoms with Crippen LogP contribution >= 0.6 is 0 Å². The van der Waals surface area contributed by atoms with E-state index in [0.717, 1.165) is 32.5 Å². The maximum atomic E-state index is 12.7. The molecular formula is C16H24N4O. The van der Waals surface area contributed by atoms with Gasteiger partial charge in [-0.1, -0.05) is 0 Å². The first-order valence-corrected chi connectivity index (χ1v) is 8.37. The Bertz CT molecular complexity index is 556. The van der Waals surface area contributed by atoms with Crippen molar-refractivity contribution in [2.24, 2.45) is 5.92 Å². The quantitative estimate of drug-likeness (QED) is 0.893. The summed E-state index contributed by atoms with van der Waals surface area (Å²) in [5.74, 6) is 1.40. The van der Waals surface area contributed by atoms with E-state index in [0.29, 0.717) is 23.8 Å². The van der Waals surface area contributed by atoms with Gasteiger partial charge in [0.2, 0.25) is 0 Å². The van der Waals surface area contributed by atoms with Crippen LogP contribution in [0.15, 0.2) is 17.2 Å². The van der Waals surface area contributed by atoms with Crippen molar-refractivity contribution in [2.75, 3.05) is 24.5 Å². The lowest BCUT2D eigenvalue weighted by Gasteiger charge is -2.30. The third kappa shape index (κ3) is 2.84. The van der Waals surface area contributed by atoms with Gasteiger partial charge in [-0.15, -0.1) is 0 Å². The van der Waals surface area contributed by atoms with Crippen LogP contribution in [0.4, 0.5) is 5.82 Å². The predicted octanol–water partition coefficient (Wildman–Crippen LogP) is 1.55. The first-order valence-electron chi connectivity index (χ1n) is 8.37. The lowest BCUT2D eigenvalue weighted by molar-refractivity contribution is 0.371. The summed E-state index contributed by atoms with van der Waals surface area (Å²) >= 11 is 0. The van der Waals surface area contributed by atoms with Crippen LogP contribution in [0.25, 0.3) is 0 Å². The molecule has 0 bridgehead atoms. The van der Waals surface area contributed by atoms with Gasteiger partial charge >= 0.3 is 0 Å². The Balaban J connectivity index is 1.58. The number of piperidine rings is 1. The summed E-state index contributed by atoms with van der Waals surface area (Å²) in [7, 11) is 0. The summed E-state index contributed by atoms with van der Waals surface area (Å²) in [6.07, 6.45) is 10.8. The Morgan fingerprint density at radius 3 is 2.62 bits per heavy atom. The fraction of sp³-hybridized carbons (Fsp3) is 0.750. The van der Waals surface area contributed by atoms with E-state index in [2.05, 4.69) is 15.2 Å². The SMILES string of the molecule is O=c1c(N(CC2CCNCC2)C2CC2)nccn1C1CC1. The maximum absolute atomic E-state index is 12.7. The highest BCUT2D eigenvalue weighted by atomic mass is 16.1.